The summed E-state index contributed by atoms with van der Waals surface area (Å²) in [5, 5.41) is 0. The molecule has 0 bridgehead atoms. The number of anilines is 1. The molecule has 1 aromatic rings. The minimum atomic E-state index is 0.908. The molecule has 3 rings (SSSR count). The minimum Gasteiger partial charge on any atom is -0.399 e. The third-order valence-corrected chi connectivity index (χ3v) is 4.15. The molecule has 2 nitrogen and oxygen atoms in total. The molecule has 2 aliphatic rings. The molecule has 0 saturated carbocycles. The van der Waals surface area contributed by atoms with Crippen molar-refractivity contribution < 1.29 is 0 Å². The van der Waals surface area contributed by atoms with Crippen LogP contribution in [0, 0.1) is 0 Å². The molecule has 2 heterocycles. The van der Waals surface area contributed by atoms with Gasteiger partial charge in [0.15, 0.2) is 0 Å². The lowest BCUT2D eigenvalue weighted by Crippen LogP contribution is -2.26. The van der Waals surface area contributed by atoms with Crippen molar-refractivity contribution in [3.63, 3.8) is 0 Å². The van der Waals surface area contributed by atoms with Gasteiger partial charge >= 0.3 is 0 Å². The Hall–Kier alpha value is -0.930. The minimum absolute atomic E-state index is 0.908. The fraction of sp³-hybridized carbons (Fsp3) is 0.385. The lowest BCUT2D eigenvalue weighted by molar-refractivity contribution is 0.359. The van der Waals surface area contributed by atoms with E-state index in [1.54, 1.807) is 0 Å². The fourth-order valence-electron chi connectivity index (χ4n) is 2.66. The summed E-state index contributed by atoms with van der Waals surface area (Å²) in [5.74, 6) is 2.22. The highest BCUT2D eigenvalue weighted by Crippen LogP contribution is 2.36. The van der Waals surface area contributed by atoms with Gasteiger partial charge in [-0.2, -0.15) is 11.8 Å². The van der Waals surface area contributed by atoms with Gasteiger partial charge in [-0.15, -0.1) is 0 Å². The van der Waals surface area contributed by atoms with Gasteiger partial charge in [0.2, 0.25) is 0 Å². The van der Waals surface area contributed by atoms with Crippen molar-refractivity contribution in [3.05, 3.63) is 34.9 Å². The molecule has 2 N–H and O–H groups in total. The number of nitrogens with zero attached hydrogens (tertiary/aromatic N) is 1. The molecule has 16 heavy (non-hydrogen) atoms. The number of rotatable bonds is 0. The van der Waals surface area contributed by atoms with Gasteiger partial charge < -0.3 is 5.73 Å². The molecule has 0 aliphatic carbocycles. The molecule has 0 radical (unpaired) electrons. The Kier molecular flexibility index (Phi) is 2.45. The van der Waals surface area contributed by atoms with Crippen molar-refractivity contribution >= 4 is 23.0 Å². The van der Waals surface area contributed by atoms with Crippen LogP contribution in [0.1, 0.15) is 16.7 Å². The number of likely N-dealkylation sites (N-methyl/N-ethyl adjacent to an activating group) is 1. The van der Waals surface area contributed by atoms with Crippen LogP contribution >= 0.6 is 11.8 Å². The van der Waals surface area contributed by atoms with Crippen LogP contribution in [0.4, 0.5) is 5.69 Å². The van der Waals surface area contributed by atoms with E-state index >= 15 is 0 Å². The molecule has 2 aliphatic heterocycles. The summed E-state index contributed by atoms with van der Waals surface area (Å²) >= 11 is 1.97. The summed E-state index contributed by atoms with van der Waals surface area (Å²) < 4.78 is 0. The SMILES string of the molecule is CN1CC2=CCSCc3cc(N)cc(c32)C1. The Morgan fingerprint density at radius 3 is 2.94 bits per heavy atom. The molecule has 0 atom stereocenters. The number of thioether (sulfide) groups is 1. The van der Waals surface area contributed by atoms with Gasteiger partial charge in [-0.25, -0.2) is 0 Å². The fourth-order valence-corrected chi connectivity index (χ4v) is 3.54. The summed E-state index contributed by atoms with van der Waals surface area (Å²) in [6.07, 6.45) is 2.38. The number of nitrogen functional groups attached to an aromatic ring is 1. The highest BCUT2D eigenvalue weighted by atomic mass is 32.2. The molecule has 3 heteroatoms. The third-order valence-electron chi connectivity index (χ3n) is 3.23. The van der Waals surface area contributed by atoms with Crippen molar-refractivity contribution in [1.29, 1.82) is 0 Å². The highest BCUT2D eigenvalue weighted by Gasteiger charge is 2.22. The van der Waals surface area contributed by atoms with Crippen molar-refractivity contribution in [2.45, 2.75) is 12.3 Å². The van der Waals surface area contributed by atoms with E-state index in [4.69, 9.17) is 5.73 Å². The first-order valence-electron chi connectivity index (χ1n) is 5.61. The van der Waals surface area contributed by atoms with Crippen LogP contribution in [0.5, 0.6) is 0 Å². The second-order valence-electron chi connectivity index (χ2n) is 4.63. The van der Waals surface area contributed by atoms with Crippen molar-refractivity contribution in [2.75, 3.05) is 25.1 Å². The first-order chi connectivity index (χ1) is 7.74. The number of hydrogen-bond donors (Lipinski definition) is 1. The van der Waals surface area contributed by atoms with Crippen LogP contribution in [-0.4, -0.2) is 24.2 Å². The Morgan fingerprint density at radius 2 is 2.06 bits per heavy atom. The highest BCUT2D eigenvalue weighted by molar-refractivity contribution is 7.98. The van der Waals surface area contributed by atoms with Gasteiger partial charge in [0.1, 0.15) is 0 Å². The first-order valence-corrected chi connectivity index (χ1v) is 6.76. The van der Waals surface area contributed by atoms with Gasteiger partial charge in [-0.05, 0) is 41.4 Å². The van der Waals surface area contributed by atoms with Crippen LogP contribution in [0.3, 0.4) is 0 Å². The third kappa shape index (κ3) is 1.64. The van der Waals surface area contributed by atoms with Crippen LogP contribution in [0.2, 0.25) is 0 Å². The predicted molar refractivity (Wildman–Crippen MR) is 71.3 cm³/mol. The molecule has 0 aromatic heterocycles. The molecule has 0 unspecified atom stereocenters. The molecule has 0 spiro atoms. The van der Waals surface area contributed by atoms with Crippen LogP contribution in [0.15, 0.2) is 18.2 Å². The second kappa shape index (κ2) is 3.82. The number of benzene rings is 1. The van der Waals surface area contributed by atoms with Crippen molar-refractivity contribution in [1.82, 2.24) is 4.90 Å². The van der Waals surface area contributed by atoms with E-state index in [2.05, 4.69) is 30.2 Å². The van der Waals surface area contributed by atoms with Gasteiger partial charge in [0.25, 0.3) is 0 Å². The van der Waals surface area contributed by atoms with E-state index in [1.165, 1.54) is 22.3 Å². The van der Waals surface area contributed by atoms with E-state index in [0.717, 1.165) is 30.3 Å². The molecule has 0 saturated heterocycles. The molecular weight excluding hydrogens is 216 g/mol. The average molecular weight is 232 g/mol. The van der Waals surface area contributed by atoms with E-state index < -0.39 is 0 Å². The normalized spacial score (nSPS) is 19.9. The summed E-state index contributed by atoms with van der Waals surface area (Å²) in [7, 11) is 2.17. The number of hydrogen-bond acceptors (Lipinski definition) is 3. The quantitative estimate of drug-likeness (QED) is 0.696. The number of nitrogens with two attached hydrogens (primary N) is 1. The Labute approximate surface area is 101 Å². The molecule has 0 fully saturated rings. The van der Waals surface area contributed by atoms with Crippen molar-refractivity contribution in [2.24, 2.45) is 0 Å². The van der Waals surface area contributed by atoms with E-state index in [1.807, 2.05) is 11.8 Å². The Morgan fingerprint density at radius 1 is 1.25 bits per heavy atom. The van der Waals surface area contributed by atoms with Crippen LogP contribution in [-0.2, 0) is 12.3 Å². The maximum Gasteiger partial charge on any atom is 0.0320 e. The van der Waals surface area contributed by atoms with Gasteiger partial charge in [-0.1, -0.05) is 6.08 Å². The van der Waals surface area contributed by atoms with Gasteiger partial charge in [0.05, 0.1) is 0 Å². The van der Waals surface area contributed by atoms with Crippen molar-refractivity contribution in [3.8, 4) is 0 Å². The Bertz CT molecular complexity index is 465. The largest absolute Gasteiger partial charge is 0.399 e. The maximum absolute atomic E-state index is 5.98. The van der Waals surface area contributed by atoms with Gasteiger partial charge in [0, 0.05) is 30.3 Å². The predicted octanol–water partition coefficient (Wildman–Crippen LogP) is 2.34. The molecule has 1 aromatic carbocycles. The first kappa shape index (κ1) is 10.2. The lowest BCUT2D eigenvalue weighted by atomic mass is 9.90. The topological polar surface area (TPSA) is 29.3 Å². The Balaban J connectivity index is 2.22. The monoisotopic (exact) mass is 232 g/mol. The average Bonchev–Trinajstić information content (AvgIpc) is 2.40. The zero-order chi connectivity index (χ0) is 11.1. The molecule has 84 valence electrons. The standard InChI is InChI=1S/C13H16N2S/c1-15-6-9-2-3-16-8-11-5-12(14)4-10(7-15)13(9)11/h2,4-5H,3,6-8,14H2,1H3. The smallest absolute Gasteiger partial charge is 0.0320 e. The van der Waals surface area contributed by atoms with Crippen LogP contribution < -0.4 is 5.73 Å². The summed E-state index contributed by atoms with van der Waals surface area (Å²) in [4.78, 5) is 2.35. The van der Waals surface area contributed by atoms with Crippen LogP contribution in [0.25, 0.3) is 5.57 Å². The second-order valence-corrected chi connectivity index (χ2v) is 5.66. The lowest BCUT2D eigenvalue weighted by Gasteiger charge is -2.29. The zero-order valence-corrected chi connectivity index (χ0v) is 10.3. The van der Waals surface area contributed by atoms with E-state index in [9.17, 15) is 0 Å². The summed E-state index contributed by atoms with van der Waals surface area (Å²) in [6.45, 7) is 2.10. The van der Waals surface area contributed by atoms with E-state index in [0.29, 0.717) is 0 Å². The molecule has 0 amide bonds. The van der Waals surface area contributed by atoms with E-state index in [-0.39, 0.29) is 0 Å². The maximum atomic E-state index is 5.98. The summed E-state index contributed by atoms with van der Waals surface area (Å²) in [5.41, 5.74) is 12.7. The van der Waals surface area contributed by atoms with Gasteiger partial charge in [-0.3, -0.25) is 4.90 Å². The molecular formula is C13H16N2S. The zero-order valence-electron chi connectivity index (χ0n) is 9.49. The summed E-state index contributed by atoms with van der Waals surface area (Å²) in [6, 6.07) is 4.29.